The fraction of sp³-hybridized carbons (Fsp3) is 0.778. The quantitative estimate of drug-likeness (QED) is 0.570. The minimum Gasteiger partial charge on any atom is -0.352 e. The summed E-state index contributed by atoms with van der Waals surface area (Å²) in [6.45, 7) is 1.69. The van der Waals surface area contributed by atoms with Crippen LogP contribution < -0.4 is 10.6 Å². The molecule has 1 atom stereocenters. The molecule has 1 saturated carbocycles. The van der Waals surface area contributed by atoms with Crippen LogP contribution in [-0.4, -0.2) is 29.7 Å². The van der Waals surface area contributed by atoms with Crippen LogP contribution in [-0.2, 0) is 9.59 Å². The van der Waals surface area contributed by atoms with Crippen molar-refractivity contribution < 1.29 is 9.59 Å². The highest BCUT2D eigenvalue weighted by atomic mass is 32.1. The van der Waals surface area contributed by atoms with E-state index in [1.165, 1.54) is 0 Å². The van der Waals surface area contributed by atoms with Gasteiger partial charge in [-0.3, -0.25) is 9.59 Å². The van der Waals surface area contributed by atoms with Gasteiger partial charge in [-0.15, -0.1) is 0 Å². The zero-order chi connectivity index (χ0) is 10.6. The monoisotopic (exact) mass is 216 g/mol. The maximum Gasteiger partial charge on any atom is 0.242 e. The Kier molecular flexibility index (Phi) is 4.25. The van der Waals surface area contributed by atoms with Crippen molar-refractivity contribution in [3.05, 3.63) is 0 Å². The first kappa shape index (κ1) is 11.4. The van der Waals surface area contributed by atoms with Crippen molar-refractivity contribution in [3.63, 3.8) is 0 Å². The van der Waals surface area contributed by atoms with Crippen molar-refractivity contribution in [1.82, 2.24) is 10.6 Å². The van der Waals surface area contributed by atoms with Crippen LogP contribution >= 0.6 is 12.6 Å². The highest BCUT2D eigenvalue weighted by Crippen LogP contribution is 2.18. The molecule has 14 heavy (non-hydrogen) atoms. The molecule has 1 aliphatic carbocycles. The van der Waals surface area contributed by atoms with Crippen molar-refractivity contribution in [2.24, 2.45) is 0 Å². The molecular formula is C9H16N2O2S. The second-order valence-electron chi connectivity index (χ2n) is 3.55. The standard InChI is InChI=1S/C9H16N2O2S/c1-6(10-8(12)4-5-14)9(13)11-7-2-3-7/h6-7,14H,2-5H2,1H3,(H,10,12)(H,11,13). The first-order valence-corrected chi connectivity index (χ1v) is 5.47. The third-order valence-corrected chi connectivity index (χ3v) is 2.26. The second-order valence-corrected chi connectivity index (χ2v) is 3.99. The summed E-state index contributed by atoms with van der Waals surface area (Å²) in [5.41, 5.74) is 0. The first-order chi connectivity index (χ1) is 6.63. The van der Waals surface area contributed by atoms with E-state index < -0.39 is 6.04 Å². The van der Waals surface area contributed by atoms with Crippen LogP contribution in [0.5, 0.6) is 0 Å². The van der Waals surface area contributed by atoms with Gasteiger partial charge in [-0.1, -0.05) is 0 Å². The molecule has 2 amide bonds. The number of carbonyl (C=O) groups is 2. The lowest BCUT2D eigenvalue weighted by Crippen LogP contribution is -2.45. The van der Waals surface area contributed by atoms with Crippen LogP contribution in [0.4, 0.5) is 0 Å². The molecule has 0 spiro atoms. The molecule has 1 unspecified atom stereocenters. The molecule has 4 nitrogen and oxygen atoms in total. The fourth-order valence-corrected chi connectivity index (χ4v) is 1.24. The lowest BCUT2D eigenvalue weighted by atomic mass is 10.3. The van der Waals surface area contributed by atoms with Gasteiger partial charge < -0.3 is 10.6 Å². The van der Waals surface area contributed by atoms with Crippen LogP contribution in [0.25, 0.3) is 0 Å². The molecule has 0 bridgehead atoms. The van der Waals surface area contributed by atoms with Gasteiger partial charge in [-0.05, 0) is 25.5 Å². The number of nitrogens with one attached hydrogen (secondary N) is 2. The summed E-state index contributed by atoms with van der Waals surface area (Å²) in [5.74, 6) is 0.279. The average Bonchev–Trinajstić information content (AvgIpc) is 2.88. The third kappa shape index (κ3) is 4.00. The minimum atomic E-state index is -0.442. The van der Waals surface area contributed by atoms with Gasteiger partial charge in [-0.25, -0.2) is 0 Å². The van der Waals surface area contributed by atoms with Crippen molar-refractivity contribution in [2.75, 3.05) is 5.75 Å². The topological polar surface area (TPSA) is 58.2 Å². The summed E-state index contributed by atoms with van der Waals surface area (Å²) in [6, 6.07) is -0.102. The number of amides is 2. The van der Waals surface area contributed by atoms with Crippen molar-refractivity contribution >= 4 is 24.4 Å². The van der Waals surface area contributed by atoms with Gasteiger partial charge in [0.05, 0.1) is 0 Å². The van der Waals surface area contributed by atoms with Crippen LogP contribution in [0.1, 0.15) is 26.2 Å². The molecule has 0 saturated heterocycles. The zero-order valence-corrected chi connectivity index (χ0v) is 9.14. The maximum absolute atomic E-state index is 11.4. The average molecular weight is 216 g/mol. The number of hydrogen-bond acceptors (Lipinski definition) is 3. The molecule has 0 heterocycles. The van der Waals surface area contributed by atoms with E-state index in [4.69, 9.17) is 0 Å². The molecule has 0 aromatic carbocycles. The van der Waals surface area contributed by atoms with Crippen LogP contribution in [0, 0.1) is 0 Å². The van der Waals surface area contributed by atoms with E-state index in [0.717, 1.165) is 12.8 Å². The molecule has 0 aliphatic heterocycles. The van der Waals surface area contributed by atoms with Gasteiger partial charge in [0.2, 0.25) is 11.8 Å². The molecule has 0 radical (unpaired) electrons. The van der Waals surface area contributed by atoms with Crippen molar-refractivity contribution in [3.8, 4) is 0 Å². The predicted octanol–water partition coefficient (Wildman–Crippen LogP) is 0.0896. The van der Waals surface area contributed by atoms with Crippen molar-refractivity contribution in [2.45, 2.75) is 38.3 Å². The van der Waals surface area contributed by atoms with Gasteiger partial charge >= 0.3 is 0 Å². The van der Waals surface area contributed by atoms with E-state index in [1.54, 1.807) is 6.92 Å². The SMILES string of the molecule is CC(NC(=O)CCS)C(=O)NC1CC1. The number of thiol groups is 1. The molecule has 0 aromatic rings. The molecular weight excluding hydrogens is 200 g/mol. The summed E-state index contributed by atoms with van der Waals surface area (Å²) in [7, 11) is 0. The van der Waals surface area contributed by atoms with E-state index >= 15 is 0 Å². The van der Waals surface area contributed by atoms with E-state index in [0.29, 0.717) is 18.2 Å². The summed E-state index contributed by atoms with van der Waals surface area (Å²) in [6.07, 6.45) is 2.47. The van der Waals surface area contributed by atoms with Gasteiger partial charge in [0.25, 0.3) is 0 Å². The Morgan fingerprint density at radius 1 is 1.50 bits per heavy atom. The Morgan fingerprint density at radius 3 is 2.64 bits per heavy atom. The molecule has 1 aliphatic rings. The van der Waals surface area contributed by atoms with Crippen LogP contribution in [0.3, 0.4) is 0 Å². The van der Waals surface area contributed by atoms with E-state index in [2.05, 4.69) is 23.3 Å². The van der Waals surface area contributed by atoms with E-state index in [-0.39, 0.29) is 11.8 Å². The largest absolute Gasteiger partial charge is 0.352 e. The molecule has 80 valence electrons. The van der Waals surface area contributed by atoms with Gasteiger partial charge in [0.1, 0.15) is 6.04 Å². The maximum atomic E-state index is 11.4. The lowest BCUT2D eigenvalue weighted by Gasteiger charge is -2.13. The first-order valence-electron chi connectivity index (χ1n) is 4.84. The van der Waals surface area contributed by atoms with Crippen LogP contribution in [0.2, 0.25) is 0 Å². The summed E-state index contributed by atoms with van der Waals surface area (Å²) >= 11 is 3.94. The highest BCUT2D eigenvalue weighted by molar-refractivity contribution is 7.80. The third-order valence-electron chi connectivity index (χ3n) is 2.03. The molecule has 2 N–H and O–H groups in total. The normalized spacial score (nSPS) is 17.3. The van der Waals surface area contributed by atoms with Gasteiger partial charge in [0.15, 0.2) is 0 Å². The fourth-order valence-electron chi connectivity index (χ4n) is 1.03. The second kappa shape index (κ2) is 5.24. The predicted molar refractivity (Wildman–Crippen MR) is 57.2 cm³/mol. The van der Waals surface area contributed by atoms with Crippen molar-refractivity contribution in [1.29, 1.82) is 0 Å². The Bertz CT molecular complexity index is 229. The van der Waals surface area contributed by atoms with Gasteiger partial charge in [-0.2, -0.15) is 12.6 Å². The lowest BCUT2D eigenvalue weighted by molar-refractivity contribution is -0.128. The van der Waals surface area contributed by atoms with Crippen LogP contribution in [0.15, 0.2) is 0 Å². The molecule has 1 rings (SSSR count). The number of hydrogen-bond donors (Lipinski definition) is 3. The molecule has 1 fully saturated rings. The van der Waals surface area contributed by atoms with E-state index in [1.807, 2.05) is 0 Å². The highest BCUT2D eigenvalue weighted by Gasteiger charge is 2.25. The Morgan fingerprint density at radius 2 is 2.14 bits per heavy atom. The summed E-state index contributed by atoms with van der Waals surface area (Å²) in [5, 5.41) is 5.44. The Labute approximate surface area is 89.2 Å². The number of rotatable bonds is 5. The zero-order valence-electron chi connectivity index (χ0n) is 8.25. The molecule has 5 heteroatoms. The van der Waals surface area contributed by atoms with Gasteiger partial charge in [0, 0.05) is 12.5 Å². The number of carbonyl (C=O) groups excluding carboxylic acids is 2. The Hall–Kier alpha value is -0.710. The Balaban J connectivity index is 2.21. The summed E-state index contributed by atoms with van der Waals surface area (Å²) in [4.78, 5) is 22.5. The summed E-state index contributed by atoms with van der Waals surface area (Å²) < 4.78 is 0. The molecule has 0 aromatic heterocycles. The minimum absolute atomic E-state index is 0.0972. The van der Waals surface area contributed by atoms with E-state index in [9.17, 15) is 9.59 Å². The smallest absolute Gasteiger partial charge is 0.242 e.